The molecule has 148 valence electrons. The van der Waals surface area contributed by atoms with E-state index >= 15 is 0 Å². The van der Waals surface area contributed by atoms with Crippen molar-refractivity contribution in [1.29, 1.82) is 0 Å². The second-order valence-electron chi connectivity index (χ2n) is 6.01. The van der Waals surface area contributed by atoms with Gasteiger partial charge in [0, 0.05) is 31.1 Å². The Balaban J connectivity index is 2.60. The minimum absolute atomic E-state index is 0.0155. The van der Waals surface area contributed by atoms with Crippen molar-refractivity contribution in [3.63, 3.8) is 0 Å². The van der Waals surface area contributed by atoms with Crippen molar-refractivity contribution in [2.45, 2.75) is 43.5 Å². The van der Waals surface area contributed by atoms with Gasteiger partial charge in [-0.1, -0.05) is 13.8 Å². The monoisotopic (exact) mass is 387 g/mol. The van der Waals surface area contributed by atoms with Crippen LogP contribution in [0.3, 0.4) is 0 Å². The Bertz CT molecular complexity index is 702. The molecule has 0 spiro atoms. The van der Waals surface area contributed by atoms with Crippen LogP contribution in [0.2, 0.25) is 0 Å². The molecule has 0 aromatic heterocycles. The van der Waals surface area contributed by atoms with E-state index in [-0.39, 0.29) is 23.8 Å². The van der Waals surface area contributed by atoms with Gasteiger partial charge in [0.2, 0.25) is 15.9 Å². The van der Waals surface area contributed by atoms with E-state index in [1.165, 1.54) is 32.4 Å². The van der Waals surface area contributed by atoms with Crippen LogP contribution in [0.4, 0.5) is 0 Å². The molecule has 0 atom stereocenters. The smallest absolute Gasteiger partial charge is 0.240 e. The lowest BCUT2D eigenvalue weighted by atomic mass is 9.94. The number of benzene rings is 1. The van der Waals surface area contributed by atoms with Crippen molar-refractivity contribution >= 4 is 15.9 Å². The molecule has 0 saturated heterocycles. The van der Waals surface area contributed by atoms with Crippen LogP contribution < -0.4 is 25.2 Å². The third kappa shape index (κ3) is 6.15. The molecule has 0 fully saturated rings. The Morgan fingerprint density at radius 2 is 1.77 bits per heavy atom. The van der Waals surface area contributed by atoms with Gasteiger partial charge in [0.25, 0.3) is 0 Å². The van der Waals surface area contributed by atoms with E-state index in [0.29, 0.717) is 18.0 Å². The molecule has 26 heavy (non-hydrogen) atoms. The number of nitrogens with one attached hydrogen (secondary N) is 2. The topological polar surface area (TPSA) is 120 Å². The van der Waals surface area contributed by atoms with Crippen LogP contribution in [-0.2, 0) is 14.8 Å². The van der Waals surface area contributed by atoms with Crippen molar-refractivity contribution in [3.8, 4) is 11.5 Å². The average Bonchev–Trinajstić information content (AvgIpc) is 2.65. The quantitative estimate of drug-likeness (QED) is 0.521. The van der Waals surface area contributed by atoms with Crippen LogP contribution in [0.5, 0.6) is 11.5 Å². The first kappa shape index (κ1) is 22.2. The summed E-state index contributed by atoms with van der Waals surface area (Å²) in [6, 6.07) is 4.29. The molecule has 1 aromatic rings. The third-order valence-corrected chi connectivity index (χ3v) is 5.81. The number of nitrogens with two attached hydrogens (primary N) is 1. The molecule has 8 nitrogen and oxygen atoms in total. The van der Waals surface area contributed by atoms with Gasteiger partial charge >= 0.3 is 0 Å². The highest BCUT2D eigenvalue weighted by Crippen LogP contribution is 2.29. The molecule has 1 amide bonds. The fraction of sp³-hybridized carbons (Fsp3) is 0.588. The highest BCUT2D eigenvalue weighted by atomic mass is 32.2. The van der Waals surface area contributed by atoms with E-state index in [9.17, 15) is 13.2 Å². The summed E-state index contributed by atoms with van der Waals surface area (Å²) in [5.41, 5.74) is 5.69. The van der Waals surface area contributed by atoms with Crippen molar-refractivity contribution in [1.82, 2.24) is 10.0 Å². The van der Waals surface area contributed by atoms with E-state index in [4.69, 9.17) is 15.2 Å². The number of ether oxygens (including phenoxy) is 2. The minimum atomic E-state index is -3.76. The largest absolute Gasteiger partial charge is 0.493 e. The number of hydrogen-bond acceptors (Lipinski definition) is 6. The minimum Gasteiger partial charge on any atom is -0.493 e. The van der Waals surface area contributed by atoms with Gasteiger partial charge in [-0.2, -0.15) is 0 Å². The van der Waals surface area contributed by atoms with Crippen molar-refractivity contribution in [2.24, 2.45) is 5.73 Å². The van der Waals surface area contributed by atoms with Crippen molar-refractivity contribution in [2.75, 3.05) is 27.3 Å². The van der Waals surface area contributed by atoms with E-state index in [2.05, 4.69) is 10.0 Å². The highest BCUT2D eigenvalue weighted by molar-refractivity contribution is 7.89. The Labute approximate surface area is 155 Å². The molecule has 1 aromatic carbocycles. The lowest BCUT2D eigenvalue weighted by molar-refractivity contribution is -0.121. The predicted molar refractivity (Wildman–Crippen MR) is 99.9 cm³/mol. The maximum Gasteiger partial charge on any atom is 0.240 e. The predicted octanol–water partition coefficient (Wildman–Crippen LogP) is 1.01. The number of sulfonamides is 1. The van der Waals surface area contributed by atoms with Crippen LogP contribution in [0, 0.1) is 0 Å². The molecule has 0 aliphatic heterocycles. The number of amides is 1. The fourth-order valence-corrected chi connectivity index (χ4v) is 3.28. The third-order valence-electron chi connectivity index (χ3n) is 4.36. The van der Waals surface area contributed by atoms with Crippen molar-refractivity contribution in [3.05, 3.63) is 18.2 Å². The van der Waals surface area contributed by atoms with Crippen LogP contribution in [-0.4, -0.2) is 47.2 Å². The maximum atomic E-state index is 12.3. The lowest BCUT2D eigenvalue weighted by Crippen LogP contribution is -2.49. The molecule has 0 unspecified atom stereocenters. The van der Waals surface area contributed by atoms with Gasteiger partial charge in [-0.15, -0.1) is 0 Å². The standard InChI is InChI=1S/C17H29N3O5S/c1-5-17(18,6-2)12-19-16(21)9-10-20-26(22,23)13-7-8-14(24-3)15(11-13)25-4/h7-8,11,20H,5-6,9-10,12,18H2,1-4H3,(H,19,21). The van der Waals surface area contributed by atoms with E-state index in [1.807, 2.05) is 13.8 Å². The first-order valence-corrected chi connectivity index (χ1v) is 9.97. The Kier molecular flexibility index (Phi) is 8.32. The molecule has 0 radical (unpaired) electrons. The van der Waals surface area contributed by atoms with Gasteiger partial charge in [-0.3, -0.25) is 4.79 Å². The van der Waals surface area contributed by atoms with Gasteiger partial charge in [0.1, 0.15) is 0 Å². The zero-order valence-corrected chi connectivity index (χ0v) is 16.6. The molecule has 9 heteroatoms. The molecule has 4 N–H and O–H groups in total. The average molecular weight is 388 g/mol. The number of carbonyl (C=O) groups excluding carboxylic acids is 1. The Morgan fingerprint density at radius 3 is 2.31 bits per heavy atom. The number of hydrogen-bond donors (Lipinski definition) is 3. The van der Waals surface area contributed by atoms with E-state index < -0.39 is 15.6 Å². The van der Waals surface area contributed by atoms with E-state index in [0.717, 1.165) is 12.8 Å². The summed E-state index contributed by atoms with van der Waals surface area (Å²) in [6.07, 6.45) is 1.52. The molecular weight excluding hydrogens is 358 g/mol. The maximum absolute atomic E-state index is 12.3. The first-order chi connectivity index (χ1) is 12.2. The molecule has 0 heterocycles. The summed E-state index contributed by atoms with van der Waals surface area (Å²) >= 11 is 0. The molecule has 0 bridgehead atoms. The summed E-state index contributed by atoms with van der Waals surface area (Å²) in [7, 11) is -0.862. The van der Waals surface area contributed by atoms with Crippen LogP contribution >= 0.6 is 0 Å². The normalized spacial score (nSPS) is 11.9. The highest BCUT2D eigenvalue weighted by Gasteiger charge is 2.21. The second-order valence-corrected chi connectivity index (χ2v) is 7.78. The molecule has 0 aliphatic carbocycles. The van der Waals surface area contributed by atoms with E-state index in [1.54, 1.807) is 0 Å². The molecular formula is C17H29N3O5S. The molecule has 0 saturated carbocycles. The second kappa shape index (κ2) is 9.75. The zero-order chi connectivity index (χ0) is 19.8. The van der Waals surface area contributed by atoms with Crippen molar-refractivity contribution < 1.29 is 22.7 Å². The van der Waals surface area contributed by atoms with Gasteiger partial charge in [-0.25, -0.2) is 13.1 Å². The van der Waals surface area contributed by atoms with Gasteiger partial charge < -0.3 is 20.5 Å². The first-order valence-electron chi connectivity index (χ1n) is 8.48. The van der Waals surface area contributed by atoms with Gasteiger partial charge in [-0.05, 0) is 25.0 Å². The Morgan fingerprint density at radius 1 is 1.15 bits per heavy atom. The summed E-state index contributed by atoms with van der Waals surface area (Å²) in [6.45, 7) is 4.28. The summed E-state index contributed by atoms with van der Waals surface area (Å²) in [5, 5.41) is 2.75. The number of rotatable bonds is 11. The summed E-state index contributed by atoms with van der Waals surface area (Å²) in [4.78, 5) is 11.9. The van der Waals surface area contributed by atoms with Crippen LogP contribution in [0.25, 0.3) is 0 Å². The molecule has 1 rings (SSSR count). The Hall–Kier alpha value is -1.84. The van der Waals surface area contributed by atoms with Gasteiger partial charge in [0.15, 0.2) is 11.5 Å². The van der Waals surface area contributed by atoms with Gasteiger partial charge in [0.05, 0.1) is 19.1 Å². The summed E-state index contributed by atoms with van der Waals surface area (Å²) in [5.74, 6) is 0.492. The zero-order valence-electron chi connectivity index (χ0n) is 15.8. The number of methoxy groups -OCH3 is 2. The fourth-order valence-electron chi connectivity index (χ4n) is 2.23. The SMILES string of the molecule is CCC(N)(CC)CNC(=O)CCNS(=O)(=O)c1ccc(OC)c(OC)c1. The number of carbonyl (C=O) groups is 1. The van der Waals surface area contributed by atoms with Crippen LogP contribution in [0.15, 0.2) is 23.1 Å². The van der Waals surface area contributed by atoms with Crippen LogP contribution in [0.1, 0.15) is 33.1 Å². The lowest BCUT2D eigenvalue weighted by Gasteiger charge is -2.26. The summed E-state index contributed by atoms with van der Waals surface area (Å²) < 4.78 is 37.3. The molecule has 0 aliphatic rings.